The molecule has 1 N–H and O–H groups in total. The number of esters is 2. The normalized spacial score (nSPS) is 12.0. The van der Waals surface area contributed by atoms with Gasteiger partial charge in [-0.25, -0.2) is 0 Å². The number of fused-ring (bicyclic) bond motifs is 2. The Hall–Kier alpha value is -4.52. The molecule has 0 unspecified atom stereocenters. The monoisotopic (exact) mass is 656 g/mol. The van der Waals surface area contributed by atoms with Gasteiger partial charge in [-0.1, -0.05) is 0 Å². The number of benzene rings is 2. The largest absolute Gasteiger partial charge is 0.493 e. The van der Waals surface area contributed by atoms with Crippen LogP contribution in [-0.2, 0) is 36.9 Å². The average molecular weight is 657 g/mol. The highest BCUT2D eigenvalue weighted by atomic mass is 32.1. The van der Waals surface area contributed by atoms with Crippen LogP contribution in [0.1, 0.15) is 60.3 Å². The van der Waals surface area contributed by atoms with Crippen LogP contribution in [0.5, 0.6) is 23.0 Å². The lowest BCUT2D eigenvalue weighted by atomic mass is 10.1. The van der Waals surface area contributed by atoms with E-state index in [0.29, 0.717) is 73.8 Å². The molecule has 1 aliphatic rings. The summed E-state index contributed by atoms with van der Waals surface area (Å²) in [5.41, 5.74) is 1.95. The molecule has 2 aromatic carbocycles. The quantitative estimate of drug-likeness (QED) is 0.162. The zero-order valence-electron chi connectivity index (χ0n) is 26.6. The van der Waals surface area contributed by atoms with Crippen molar-refractivity contribution < 1.29 is 47.6 Å². The molecule has 248 valence electrons. The molecule has 13 heteroatoms. The Morgan fingerprint density at radius 2 is 1.35 bits per heavy atom. The Kier molecular flexibility index (Phi) is 12.5. The number of nitrogens with zero attached hydrogens (tertiary/aromatic N) is 1. The summed E-state index contributed by atoms with van der Waals surface area (Å²) in [4.78, 5) is 50.6. The van der Waals surface area contributed by atoms with Crippen molar-refractivity contribution in [2.45, 2.75) is 52.6 Å². The van der Waals surface area contributed by atoms with Gasteiger partial charge in [0, 0.05) is 43.2 Å². The lowest BCUT2D eigenvalue weighted by Crippen LogP contribution is -2.25. The van der Waals surface area contributed by atoms with E-state index in [-0.39, 0.29) is 49.6 Å². The maximum atomic E-state index is 12.7. The summed E-state index contributed by atoms with van der Waals surface area (Å²) in [7, 11) is 3.13. The molecule has 1 aliphatic heterocycles. The van der Waals surface area contributed by atoms with E-state index in [1.807, 2.05) is 24.3 Å². The van der Waals surface area contributed by atoms with E-state index in [9.17, 15) is 19.2 Å². The minimum atomic E-state index is -0.377. The fourth-order valence-corrected chi connectivity index (χ4v) is 5.90. The SMILES string of the molecule is CCOC(=O)CCNC(=O)c1cc2cc(OCCCOc3cc4c(cc3OC)CN(C(=O)CCC(=O)OCC)C4)c(OC)cc2s1. The van der Waals surface area contributed by atoms with Crippen LogP contribution in [0.4, 0.5) is 0 Å². The zero-order valence-corrected chi connectivity index (χ0v) is 27.4. The molecule has 0 saturated carbocycles. The van der Waals surface area contributed by atoms with Crippen LogP contribution >= 0.6 is 11.3 Å². The molecule has 3 aromatic rings. The van der Waals surface area contributed by atoms with Crippen LogP contribution in [-0.4, -0.2) is 75.8 Å². The van der Waals surface area contributed by atoms with Crippen LogP contribution in [0.15, 0.2) is 30.3 Å². The van der Waals surface area contributed by atoms with Gasteiger partial charge in [0.1, 0.15) is 0 Å². The Morgan fingerprint density at radius 1 is 0.761 bits per heavy atom. The van der Waals surface area contributed by atoms with Crippen molar-refractivity contribution in [3.05, 3.63) is 46.3 Å². The number of methoxy groups -OCH3 is 2. The summed E-state index contributed by atoms with van der Waals surface area (Å²) < 4.78 is 33.8. The van der Waals surface area contributed by atoms with E-state index < -0.39 is 0 Å². The lowest BCUT2D eigenvalue weighted by Gasteiger charge is -2.14. The summed E-state index contributed by atoms with van der Waals surface area (Å²) in [5, 5.41) is 3.59. The van der Waals surface area contributed by atoms with E-state index in [0.717, 1.165) is 21.2 Å². The smallest absolute Gasteiger partial charge is 0.307 e. The third kappa shape index (κ3) is 9.03. The van der Waals surface area contributed by atoms with E-state index in [2.05, 4.69) is 5.32 Å². The fourth-order valence-electron chi connectivity index (χ4n) is 4.91. The maximum Gasteiger partial charge on any atom is 0.307 e. The van der Waals surface area contributed by atoms with Gasteiger partial charge in [-0.3, -0.25) is 19.2 Å². The molecule has 0 aliphatic carbocycles. The van der Waals surface area contributed by atoms with Gasteiger partial charge in [0.25, 0.3) is 5.91 Å². The summed E-state index contributed by atoms with van der Waals surface area (Å²) in [6.45, 7) is 5.85. The first-order valence-corrected chi connectivity index (χ1v) is 16.0. The molecule has 2 heterocycles. The number of thiophene rings is 1. The predicted molar refractivity (Wildman–Crippen MR) is 171 cm³/mol. The number of rotatable bonds is 17. The molecule has 1 aromatic heterocycles. The summed E-state index contributed by atoms with van der Waals surface area (Å²) in [6, 6.07) is 9.23. The standard InChI is InChI=1S/C33H40N2O10S/c1-5-42-31(37)9-8-30(36)35-19-22-15-24(40-3)27(16-23(22)20-35)45-13-7-12-44-26-14-21-17-29(46-28(21)18-25(26)41-4)33(39)34-11-10-32(38)43-6-2/h14-18H,5-13,19-20H2,1-4H3,(H,34,39). The zero-order chi connectivity index (χ0) is 33.1. The first-order valence-electron chi connectivity index (χ1n) is 15.2. The van der Waals surface area contributed by atoms with Crippen molar-refractivity contribution >= 4 is 45.2 Å². The van der Waals surface area contributed by atoms with E-state index >= 15 is 0 Å². The highest BCUT2D eigenvalue weighted by Gasteiger charge is 2.26. The van der Waals surface area contributed by atoms with Crippen LogP contribution in [0.3, 0.4) is 0 Å². The van der Waals surface area contributed by atoms with Crippen molar-refractivity contribution in [2.75, 3.05) is 47.2 Å². The first-order chi connectivity index (χ1) is 22.3. The Morgan fingerprint density at radius 3 is 1.98 bits per heavy atom. The van der Waals surface area contributed by atoms with Gasteiger partial charge in [-0.15, -0.1) is 11.3 Å². The third-order valence-electron chi connectivity index (χ3n) is 7.16. The van der Waals surface area contributed by atoms with Crippen molar-refractivity contribution in [1.82, 2.24) is 10.2 Å². The number of nitrogens with one attached hydrogen (secondary N) is 1. The second-order valence-electron chi connectivity index (χ2n) is 10.3. The summed E-state index contributed by atoms with van der Waals surface area (Å²) >= 11 is 1.32. The molecule has 0 bridgehead atoms. The van der Waals surface area contributed by atoms with E-state index in [1.165, 1.54) is 11.3 Å². The van der Waals surface area contributed by atoms with E-state index in [1.54, 1.807) is 39.0 Å². The molecule has 2 amide bonds. The van der Waals surface area contributed by atoms with Gasteiger partial charge in [0.15, 0.2) is 23.0 Å². The van der Waals surface area contributed by atoms with E-state index in [4.69, 9.17) is 28.4 Å². The fraction of sp³-hybridized carbons (Fsp3) is 0.455. The molecule has 0 fully saturated rings. The number of carbonyl (C=O) groups excluding carboxylic acids is 4. The Balaban J connectivity index is 1.28. The summed E-state index contributed by atoms with van der Waals surface area (Å²) in [5.74, 6) is 1.14. The molecular formula is C33H40N2O10S. The van der Waals surface area contributed by atoms with Gasteiger partial charge in [0.05, 0.1) is 58.4 Å². The minimum absolute atomic E-state index is 0.0598. The third-order valence-corrected chi connectivity index (χ3v) is 8.26. The first kappa shape index (κ1) is 34.4. The number of amides is 2. The van der Waals surface area contributed by atoms with Crippen LogP contribution in [0, 0.1) is 0 Å². The predicted octanol–water partition coefficient (Wildman–Crippen LogP) is 4.63. The van der Waals surface area contributed by atoms with Gasteiger partial charge in [0.2, 0.25) is 5.91 Å². The van der Waals surface area contributed by atoms with Crippen LogP contribution in [0.2, 0.25) is 0 Å². The van der Waals surface area contributed by atoms with Gasteiger partial charge in [-0.05, 0) is 54.6 Å². The van der Waals surface area contributed by atoms with Crippen molar-refractivity contribution in [1.29, 1.82) is 0 Å². The number of ether oxygens (including phenoxy) is 6. The Bertz CT molecular complexity index is 1550. The second-order valence-corrected chi connectivity index (χ2v) is 11.4. The molecule has 0 atom stereocenters. The van der Waals surface area contributed by atoms with Crippen molar-refractivity contribution in [3.63, 3.8) is 0 Å². The van der Waals surface area contributed by atoms with Gasteiger partial charge >= 0.3 is 11.9 Å². The molecule has 0 radical (unpaired) electrons. The Labute approximate surface area is 271 Å². The van der Waals surface area contributed by atoms with Crippen LogP contribution < -0.4 is 24.3 Å². The molecule has 4 rings (SSSR count). The summed E-state index contributed by atoms with van der Waals surface area (Å²) in [6.07, 6.45) is 0.840. The van der Waals surface area contributed by atoms with Crippen molar-refractivity contribution in [3.8, 4) is 23.0 Å². The van der Waals surface area contributed by atoms with Gasteiger partial charge in [-0.2, -0.15) is 0 Å². The minimum Gasteiger partial charge on any atom is -0.493 e. The second kappa shape index (κ2) is 16.7. The number of hydrogen-bond acceptors (Lipinski definition) is 11. The molecule has 12 nitrogen and oxygen atoms in total. The average Bonchev–Trinajstić information content (AvgIpc) is 3.66. The number of carbonyl (C=O) groups is 4. The van der Waals surface area contributed by atoms with Gasteiger partial charge < -0.3 is 38.6 Å². The topological polar surface area (TPSA) is 139 Å². The van der Waals surface area contributed by atoms with Crippen molar-refractivity contribution in [2.24, 2.45) is 0 Å². The number of hydrogen-bond donors (Lipinski definition) is 1. The molecular weight excluding hydrogens is 616 g/mol. The highest BCUT2D eigenvalue weighted by Crippen LogP contribution is 2.37. The molecule has 0 spiro atoms. The highest BCUT2D eigenvalue weighted by molar-refractivity contribution is 7.20. The molecule has 0 saturated heterocycles. The molecule has 46 heavy (non-hydrogen) atoms. The lowest BCUT2D eigenvalue weighted by molar-refractivity contribution is -0.145. The maximum absolute atomic E-state index is 12.7. The van der Waals surface area contributed by atoms with Crippen LogP contribution in [0.25, 0.3) is 10.1 Å².